The van der Waals surface area contributed by atoms with E-state index < -0.39 is 6.10 Å². The third-order valence-electron chi connectivity index (χ3n) is 4.45. The number of carbonyl (C=O) groups excluding carboxylic acids is 1. The van der Waals surface area contributed by atoms with Gasteiger partial charge in [-0.2, -0.15) is 5.26 Å². The van der Waals surface area contributed by atoms with E-state index in [4.69, 9.17) is 10.00 Å². The van der Waals surface area contributed by atoms with Crippen LogP contribution in [0.4, 0.5) is 5.13 Å². The molecule has 5 nitrogen and oxygen atoms in total. The number of hydrogen-bond donors (Lipinski definition) is 1. The molecule has 0 saturated carbocycles. The van der Waals surface area contributed by atoms with Crippen molar-refractivity contribution in [2.24, 2.45) is 0 Å². The van der Waals surface area contributed by atoms with Crippen molar-refractivity contribution in [2.45, 2.75) is 13.0 Å². The third kappa shape index (κ3) is 4.26. The van der Waals surface area contributed by atoms with E-state index in [1.54, 1.807) is 31.2 Å². The van der Waals surface area contributed by atoms with Gasteiger partial charge in [0.2, 0.25) is 0 Å². The summed E-state index contributed by atoms with van der Waals surface area (Å²) in [6.07, 6.45) is -0.698. The highest BCUT2D eigenvalue weighted by Crippen LogP contribution is 2.28. The fraction of sp³-hybridized carbons (Fsp3) is 0.0870. The van der Waals surface area contributed by atoms with E-state index in [2.05, 4.69) is 34.6 Å². The van der Waals surface area contributed by atoms with Gasteiger partial charge in [-0.3, -0.25) is 10.1 Å². The predicted molar refractivity (Wildman–Crippen MR) is 115 cm³/mol. The molecule has 1 atom stereocenters. The average molecular weight is 399 g/mol. The Bertz CT molecular complexity index is 1210. The van der Waals surface area contributed by atoms with Crippen molar-refractivity contribution in [2.75, 3.05) is 5.32 Å². The summed E-state index contributed by atoms with van der Waals surface area (Å²) in [7, 11) is 0. The number of anilines is 1. The van der Waals surface area contributed by atoms with Crippen LogP contribution in [0.5, 0.6) is 5.75 Å². The van der Waals surface area contributed by atoms with Crippen molar-refractivity contribution in [1.29, 1.82) is 5.26 Å². The Balaban J connectivity index is 1.43. The summed E-state index contributed by atoms with van der Waals surface area (Å²) in [5, 5.41) is 16.4. The van der Waals surface area contributed by atoms with Crippen LogP contribution in [0.3, 0.4) is 0 Å². The standard InChI is InChI=1S/C23H17N3O2S/c1-15(28-20-10-6-16(13-24)7-11-20)22(27)26-23-25-21(14-29-23)19-9-8-17-4-2-3-5-18(17)12-19/h2-12,14-15H,1H3,(H,25,26,27). The second-order valence-electron chi connectivity index (χ2n) is 6.49. The molecule has 0 aliphatic heterocycles. The van der Waals surface area contributed by atoms with Crippen LogP contribution in [0.25, 0.3) is 22.0 Å². The molecule has 0 radical (unpaired) electrons. The normalized spacial score (nSPS) is 11.6. The van der Waals surface area contributed by atoms with Crippen LogP contribution in [0, 0.1) is 11.3 Å². The summed E-state index contributed by atoms with van der Waals surface area (Å²) in [5.41, 5.74) is 2.36. The summed E-state index contributed by atoms with van der Waals surface area (Å²) in [6.45, 7) is 1.67. The molecule has 0 aliphatic carbocycles. The van der Waals surface area contributed by atoms with Gasteiger partial charge in [0, 0.05) is 10.9 Å². The van der Waals surface area contributed by atoms with Gasteiger partial charge in [-0.15, -0.1) is 11.3 Å². The number of nitrogens with one attached hydrogen (secondary N) is 1. The second kappa shape index (κ2) is 8.13. The van der Waals surface area contributed by atoms with E-state index in [0.29, 0.717) is 16.4 Å². The van der Waals surface area contributed by atoms with Gasteiger partial charge in [0.15, 0.2) is 11.2 Å². The van der Waals surface area contributed by atoms with Crippen molar-refractivity contribution in [1.82, 2.24) is 4.98 Å². The zero-order valence-corrected chi connectivity index (χ0v) is 16.4. The van der Waals surface area contributed by atoms with Crippen molar-refractivity contribution in [3.63, 3.8) is 0 Å². The molecule has 29 heavy (non-hydrogen) atoms. The monoisotopic (exact) mass is 399 g/mol. The quantitative estimate of drug-likeness (QED) is 0.498. The van der Waals surface area contributed by atoms with Crippen LogP contribution in [-0.4, -0.2) is 17.0 Å². The maximum atomic E-state index is 12.4. The van der Waals surface area contributed by atoms with Crippen molar-refractivity contribution < 1.29 is 9.53 Å². The fourth-order valence-corrected chi connectivity index (χ4v) is 3.61. The Morgan fingerprint density at radius 1 is 1.10 bits per heavy atom. The molecule has 0 bridgehead atoms. The molecule has 1 N–H and O–H groups in total. The van der Waals surface area contributed by atoms with Gasteiger partial charge >= 0.3 is 0 Å². The number of carbonyl (C=O) groups is 1. The second-order valence-corrected chi connectivity index (χ2v) is 7.34. The number of rotatable bonds is 5. The molecule has 3 aromatic carbocycles. The molecular formula is C23H17N3O2S. The van der Waals surface area contributed by atoms with Gasteiger partial charge in [-0.1, -0.05) is 36.4 Å². The van der Waals surface area contributed by atoms with E-state index in [1.807, 2.05) is 29.6 Å². The minimum atomic E-state index is -0.698. The Hall–Kier alpha value is -3.69. The highest BCUT2D eigenvalue weighted by atomic mass is 32.1. The molecule has 0 aliphatic rings. The topological polar surface area (TPSA) is 75.0 Å². The zero-order chi connectivity index (χ0) is 20.2. The Labute approximate surface area is 172 Å². The molecule has 4 aromatic rings. The number of hydrogen-bond acceptors (Lipinski definition) is 5. The SMILES string of the molecule is CC(Oc1ccc(C#N)cc1)C(=O)Nc1nc(-c2ccc3ccccc3c2)cs1. The Kier molecular flexibility index (Phi) is 5.23. The molecule has 142 valence electrons. The highest BCUT2D eigenvalue weighted by Gasteiger charge is 2.17. The first-order valence-corrected chi connectivity index (χ1v) is 9.93. The number of benzene rings is 3. The molecule has 1 aromatic heterocycles. The molecule has 4 rings (SSSR count). The number of nitrogens with zero attached hydrogens (tertiary/aromatic N) is 2. The van der Waals surface area contributed by atoms with Gasteiger partial charge in [-0.25, -0.2) is 4.98 Å². The Morgan fingerprint density at radius 3 is 2.62 bits per heavy atom. The van der Waals surface area contributed by atoms with E-state index in [0.717, 1.165) is 16.6 Å². The van der Waals surface area contributed by atoms with Crippen molar-refractivity contribution in [3.8, 4) is 23.1 Å². The lowest BCUT2D eigenvalue weighted by Gasteiger charge is -2.13. The van der Waals surface area contributed by atoms with Crippen LogP contribution in [0.2, 0.25) is 0 Å². The van der Waals surface area contributed by atoms with Crippen LogP contribution < -0.4 is 10.1 Å². The van der Waals surface area contributed by atoms with E-state index >= 15 is 0 Å². The molecule has 6 heteroatoms. The lowest BCUT2D eigenvalue weighted by molar-refractivity contribution is -0.122. The van der Waals surface area contributed by atoms with E-state index in [9.17, 15) is 4.79 Å². The summed E-state index contributed by atoms with van der Waals surface area (Å²) in [4.78, 5) is 17.0. The molecular weight excluding hydrogens is 382 g/mol. The number of aromatic nitrogens is 1. The molecule has 0 fully saturated rings. The third-order valence-corrected chi connectivity index (χ3v) is 5.20. The predicted octanol–water partition coefficient (Wildman–Crippen LogP) is 5.24. The summed E-state index contributed by atoms with van der Waals surface area (Å²) < 4.78 is 5.64. The van der Waals surface area contributed by atoms with Crippen LogP contribution in [0.1, 0.15) is 12.5 Å². The first-order valence-electron chi connectivity index (χ1n) is 9.05. The number of thiazole rings is 1. The van der Waals surface area contributed by atoms with Crippen LogP contribution >= 0.6 is 11.3 Å². The van der Waals surface area contributed by atoms with Crippen LogP contribution in [-0.2, 0) is 4.79 Å². The summed E-state index contributed by atoms with van der Waals surface area (Å²) >= 11 is 1.37. The molecule has 1 heterocycles. The first-order chi connectivity index (χ1) is 14.1. The lowest BCUT2D eigenvalue weighted by atomic mass is 10.1. The number of ether oxygens (including phenoxy) is 1. The highest BCUT2D eigenvalue weighted by molar-refractivity contribution is 7.14. The number of amides is 1. The largest absolute Gasteiger partial charge is 0.481 e. The van der Waals surface area contributed by atoms with E-state index in [-0.39, 0.29) is 5.91 Å². The maximum Gasteiger partial charge on any atom is 0.266 e. The van der Waals surface area contributed by atoms with Crippen molar-refractivity contribution in [3.05, 3.63) is 77.7 Å². The molecule has 0 saturated heterocycles. The van der Waals surface area contributed by atoms with Gasteiger partial charge in [0.05, 0.1) is 17.3 Å². The number of fused-ring (bicyclic) bond motifs is 1. The lowest BCUT2D eigenvalue weighted by Crippen LogP contribution is -2.30. The summed E-state index contributed by atoms with van der Waals surface area (Å²) in [6, 6.07) is 23.0. The number of nitriles is 1. The average Bonchev–Trinajstić information content (AvgIpc) is 3.22. The smallest absolute Gasteiger partial charge is 0.266 e. The minimum absolute atomic E-state index is 0.284. The summed E-state index contributed by atoms with van der Waals surface area (Å²) in [5.74, 6) is 0.247. The zero-order valence-electron chi connectivity index (χ0n) is 15.6. The van der Waals surface area contributed by atoms with Crippen LogP contribution in [0.15, 0.2) is 72.1 Å². The Morgan fingerprint density at radius 2 is 1.86 bits per heavy atom. The van der Waals surface area contributed by atoms with Gasteiger partial charge in [0.1, 0.15) is 5.75 Å². The molecule has 0 spiro atoms. The minimum Gasteiger partial charge on any atom is -0.481 e. The molecule has 1 amide bonds. The van der Waals surface area contributed by atoms with E-state index in [1.165, 1.54) is 16.7 Å². The van der Waals surface area contributed by atoms with Gasteiger partial charge in [0.25, 0.3) is 5.91 Å². The fourth-order valence-electron chi connectivity index (χ4n) is 2.89. The first kappa shape index (κ1) is 18.7. The van der Waals surface area contributed by atoms with Gasteiger partial charge < -0.3 is 4.74 Å². The van der Waals surface area contributed by atoms with Gasteiger partial charge in [-0.05, 0) is 48.0 Å². The maximum absolute atomic E-state index is 12.4. The molecule has 1 unspecified atom stereocenters. The van der Waals surface area contributed by atoms with Crippen molar-refractivity contribution >= 4 is 33.1 Å².